The van der Waals surface area contributed by atoms with E-state index in [1.807, 2.05) is 13.8 Å². The Balaban J connectivity index is 2.73. The lowest BCUT2D eigenvalue weighted by atomic mass is 10.0. The number of likely N-dealkylation sites (N-methyl/N-ethyl adjacent to an activating group) is 1. The minimum Gasteiger partial charge on any atom is -0.338 e. The van der Waals surface area contributed by atoms with Crippen molar-refractivity contribution >= 4 is 11.6 Å². The first kappa shape index (κ1) is 15.1. The van der Waals surface area contributed by atoms with E-state index in [9.17, 15) is 14.9 Å². The summed E-state index contributed by atoms with van der Waals surface area (Å²) in [6.45, 7) is 8.67. The molecule has 106 valence electrons. The number of amides is 1. The number of nitrogens with zero attached hydrogens (tertiary/aromatic N) is 4. The average Bonchev–Trinajstić information content (AvgIpc) is 2.78. The number of hydrogen-bond acceptors (Lipinski definition) is 4. The minimum absolute atomic E-state index is 0.0265. The topological polar surface area (TPSA) is 81.3 Å². The van der Waals surface area contributed by atoms with Crippen molar-refractivity contribution < 1.29 is 9.72 Å². The van der Waals surface area contributed by atoms with Crippen LogP contribution >= 0.6 is 0 Å². The molecule has 1 heterocycles. The van der Waals surface area contributed by atoms with Gasteiger partial charge in [0.25, 0.3) is 0 Å². The maximum atomic E-state index is 12.2. The van der Waals surface area contributed by atoms with Crippen LogP contribution in [0, 0.1) is 16.0 Å². The van der Waals surface area contributed by atoms with Crippen LogP contribution in [0.4, 0.5) is 5.69 Å². The van der Waals surface area contributed by atoms with Crippen molar-refractivity contribution in [2.45, 2.75) is 40.3 Å². The number of carbonyl (C=O) groups excluding carboxylic acids is 1. The third-order valence-electron chi connectivity index (χ3n) is 3.25. The van der Waals surface area contributed by atoms with Gasteiger partial charge in [0.15, 0.2) is 0 Å². The molecule has 0 aliphatic rings. The molecule has 0 saturated heterocycles. The first-order chi connectivity index (χ1) is 8.86. The molecule has 0 spiro atoms. The van der Waals surface area contributed by atoms with Crippen LogP contribution in [0.15, 0.2) is 12.4 Å². The minimum atomic E-state index is -0.525. The fraction of sp³-hybridized carbons (Fsp3) is 0.667. The highest BCUT2D eigenvalue weighted by molar-refractivity contribution is 5.76. The van der Waals surface area contributed by atoms with E-state index >= 15 is 0 Å². The van der Waals surface area contributed by atoms with Crippen LogP contribution < -0.4 is 0 Å². The molecule has 1 aromatic rings. The molecule has 0 fully saturated rings. The lowest BCUT2D eigenvalue weighted by molar-refractivity contribution is -0.385. The molecule has 0 aliphatic heterocycles. The van der Waals surface area contributed by atoms with Crippen LogP contribution in [0.25, 0.3) is 0 Å². The maximum absolute atomic E-state index is 12.2. The van der Waals surface area contributed by atoms with Gasteiger partial charge < -0.3 is 4.90 Å². The van der Waals surface area contributed by atoms with Gasteiger partial charge in [-0.15, -0.1) is 0 Å². The summed E-state index contributed by atoms with van der Waals surface area (Å²) in [6, 6.07) is 0.128. The number of aromatic nitrogens is 2. The van der Waals surface area contributed by atoms with Crippen molar-refractivity contribution in [3.05, 3.63) is 22.5 Å². The summed E-state index contributed by atoms with van der Waals surface area (Å²) in [5.74, 6) is 0.276. The predicted molar refractivity (Wildman–Crippen MR) is 70.6 cm³/mol. The monoisotopic (exact) mass is 268 g/mol. The number of rotatable bonds is 6. The zero-order valence-electron chi connectivity index (χ0n) is 11.7. The lowest BCUT2D eigenvalue weighted by Gasteiger charge is -2.30. The van der Waals surface area contributed by atoms with Crippen molar-refractivity contribution in [3.63, 3.8) is 0 Å². The van der Waals surface area contributed by atoms with E-state index in [1.54, 1.807) is 4.90 Å². The number of hydrogen-bond donors (Lipinski definition) is 0. The molecule has 0 unspecified atom stereocenters. The summed E-state index contributed by atoms with van der Waals surface area (Å²) < 4.78 is 1.30. The first-order valence-electron chi connectivity index (χ1n) is 6.33. The predicted octanol–water partition coefficient (Wildman–Crippen LogP) is 1.68. The quantitative estimate of drug-likeness (QED) is 0.580. The Bertz CT molecular complexity index is 456. The summed E-state index contributed by atoms with van der Waals surface area (Å²) in [4.78, 5) is 23.9. The molecule has 7 heteroatoms. The third-order valence-corrected chi connectivity index (χ3v) is 3.25. The highest BCUT2D eigenvalue weighted by atomic mass is 16.6. The Morgan fingerprint density at radius 3 is 2.58 bits per heavy atom. The van der Waals surface area contributed by atoms with Crippen LogP contribution in [-0.4, -0.2) is 38.1 Å². The van der Waals surface area contributed by atoms with Crippen molar-refractivity contribution in [2.75, 3.05) is 6.54 Å². The Morgan fingerprint density at radius 2 is 2.16 bits per heavy atom. The second-order valence-corrected chi connectivity index (χ2v) is 4.82. The van der Waals surface area contributed by atoms with Gasteiger partial charge in [-0.1, -0.05) is 13.8 Å². The highest BCUT2D eigenvalue weighted by Crippen LogP contribution is 2.12. The Hall–Kier alpha value is -1.92. The summed E-state index contributed by atoms with van der Waals surface area (Å²) in [6.07, 6.45) is 2.42. The van der Waals surface area contributed by atoms with Crippen LogP contribution in [-0.2, 0) is 11.3 Å². The molecule has 0 aromatic carbocycles. The van der Waals surface area contributed by atoms with Crippen LogP contribution in [0.2, 0.25) is 0 Å². The van der Waals surface area contributed by atoms with Crippen molar-refractivity contribution in [3.8, 4) is 0 Å². The molecule has 1 atom stereocenters. The summed E-state index contributed by atoms with van der Waals surface area (Å²) in [5.41, 5.74) is -0.104. The molecule has 7 nitrogen and oxygen atoms in total. The van der Waals surface area contributed by atoms with Gasteiger partial charge in [-0.25, -0.2) is 0 Å². The zero-order chi connectivity index (χ0) is 14.6. The molecule has 1 amide bonds. The van der Waals surface area contributed by atoms with Crippen LogP contribution in [0.5, 0.6) is 0 Å². The molecule has 0 saturated carbocycles. The third kappa shape index (κ3) is 3.77. The highest BCUT2D eigenvalue weighted by Gasteiger charge is 2.22. The van der Waals surface area contributed by atoms with E-state index in [-0.39, 0.29) is 24.2 Å². The van der Waals surface area contributed by atoms with E-state index in [4.69, 9.17) is 0 Å². The fourth-order valence-electron chi connectivity index (χ4n) is 1.81. The molecule has 19 heavy (non-hydrogen) atoms. The number of carbonyl (C=O) groups is 1. The first-order valence-corrected chi connectivity index (χ1v) is 6.33. The second kappa shape index (κ2) is 6.31. The second-order valence-electron chi connectivity index (χ2n) is 4.82. The van der Waals surface area contributed by atoms with Gasteiger partial charge in [0.1, 0.15) is 18.9 Å². The molecular formula is C12H20N4O3. The smallest absolute Gasteiger partial charge is 0.307 e. The Labute approximate surface area is 112 Å². The Morgan fingerprint density at radius 1 is 1.53 bits per heavy atom. The van der Waals surface area contributed by atoms with Gasteiger partial charge in [0.2, 0.25) is 5.91 Å². The van der Waals surface area contributed by atoms with Gasteiger partial charge in [0, 0.05) is 12.6 Å². The van der Waals surface area contributed by atoms with E-state index in [2.05, 4.69) is 18.9 Å². The van der Waals surface area contributed by atoms with Gasteiger partial charge in [0.05, 0.1) is 4.92 Å². The van der Waals surface area contributed by atoms with Gasteiger partial charge in [-0.2, -0.15) is 5.10 Å². The van der Waals surface area contributed by atoms with Gasteiger partial charge >= 0.3 is 5.69 Å². The van der Waals surface area contributed by atoms with Crippen molar-refractivity contribution in [2.24, 2.45) is 5.92 Å². The average molecular weight is 268 g/mol. The maximum Gasteiger partial charge on any atom is 0.307 e. The molecule has 0 N–H and O–H groups in total. The SMILES string of the molecule is CCN(C(=O)Cn1cc([N+](=O)[O-])cn1)[C@@H](C)C(C)C. The standard InChI is InChI=1S/C12H20N4O3/c1-5-15(10(4)9(2)3)12(17)8-14-7-11(6-13-14)16(18)19/h6-7,9-10H,5,8H2,1-4H3/t10-/m0/s1. The molecular weight excluding hydrogens is 248 g/mol. The molecule has 1 rings (SSSR count). The normalized spacial score (nSPS) is 12.5. The van der Waals surface area contributed by atoms with Crippen LogP contribution in [0.3, 0.4) is 0 Å². The lowest BCUT2D eigenvalue weighted by Crippen LogP contribution is -2.43. The molecule has 1 aromatic heterocycles. The molecule has 0 bridgehead atoms. The van der Waals surface area contributed by atoms with E-state index in [0.717, 1.165) is 6.20 Å². The largest absolute Gasteiger partial charge is 0.338 e. The molecule has 0 radical (unpaired) electrons. The Kier molecular flexibility index (Phi) is 5.02. The van der Waals surface area contributed by atoms with Crippen molar-refractivity contribution in [1.82, 2.24) is 14.7 Å². The summed E-state index contributed by atoms with van der Waals surface area (Å²) >= 11 is 0. The van der Waals surface area contributed by atoms with Crippen LogP contribution in [0.1, 0.15) is 27.7 Å². The van der Waals surface area contributed by atoms with Crippen molar-refractivity contribution in [1.29, 1.82) is 0 Å². The van der Waals surface area contributed by atoms with Gasteiger partial charge in [-0.05, 0) is 19.8 Å². The summed E-state index contributed by atoms with van der Waals surface area (Å²) in [5, 5.41) is 14.4. The zero-order valence-corrected chi connectivity index (χ0v) is 11.7. The fourth-order valence-corrected chi connectivity index (χ4v) is 1.81. The van der Waals surface area contributed by atoms with E-state index < -0.39 is 4.92 Å². The van der Waals surface area contributed by atoms with E-state index in [1.165, 1.54) is 10.9 Å². The van der Waals surface area contributed by atoms with E-state index in [0.29, 0.717) is 12.5 Å². The summed E-state index contributed by atoms with van der Waals surface area (Å²) in [7, 11) is 0. The van der Waals surface area contributed by atoms with Gasteiger partial charge in [-0.3, -0.25) is 19.6 Å². The number of nitro groups is 1. The molecule has 0 aliphatic carbocycles.